The Morgan fingerprint density at radius 2 is 1.73 bits per heavy atom. The van der Waals surface area contributed by atoms with Crippen LogP contribution < -0.4 is 0 Å². The van der Waals surface area contributed by atoms with Gasteiger partial charge in [-0.3, -0.25) is 0 Å². The molecule has 0 fully saturated rings. The first kappa shape index (κ1) is 16.1. The number of hydrogen-bond acceptors (Lipinski definition) is 2. The summed E-state index contributed by atoms with van der Waals surface area (Å²) in [5.74, 6) is -1.07. The Balaban J connectivity index is 1.98. The van der Waals surface area contributed by atoms with Gasteiger partial charge in [0.2, 0.25) is 0 Å². The lowest BCUT2D eigenvalue weighted by atomic mass is 10.0. The monoisotopic (exact) mass is 356 g/mol. The second kappa shape index (κ2) is 5.59. The summed E-state index contributed by atoms with van der Waals surface area (Å²) >= 11 is 0. The van der Waals surface area contributed by atoms with Gasteiger partial charge in [0.25, 0.3) is 0 Å². The van der Waals surface area contributed by atoms with Crippen LogP contribution in [0.3, 0.4) is 0 Å². The molecule has 26 heavy (non-hydrogen) atoms. The van der Waals surface area contributed by atoms with Gasteiger partial charge in [-0.2, -0.15) is 13.2 Å². The van der Waals surface area contributed by atoms with Gasteiger partial charge in [0.05, 0.1) is 22.3 Å². The quantitative estimate of drug-likeness (QED) is 0.557. The summed E-state index contributed by atoms with van der Waals surface area (Å²) in [6.07, 6.45) is -2.93. The van der Waals surface area contributed by atoms with Gasteiger partial charge < -0.3 is 9.51 Å². The summed E-state index contributed by atoms with van der Waals surface area (Å²) in [5, 5.41) is 9.92. The SMILES string of the molecule is O=C(O)c1cc2nc(-c3ccc(C(F)(F)F)cc3)c3ccccc3n2c1. The van der Waals surface area contributed by atoms with E-state index in [1.165, 1.54) is 24.4 Å². The van der Waals surface area contributed by atoms with Crippen LogP contribution in [0.5, 0.6) is 0 Å². The van der Waals surface area contributed by atoms with E-state index in [0.717, 1.165) is 17.6 Å². The van der Waals surface area contributed by atoms with Gasteiger partial charge in [-0.05, 0) is 24.3 Å². The minimum atomic E-state index is -4.41. The Morgan fingerprint density at radius 1 is 1.04 bits per heavy atom. The van der Waals surface area contributed by atoms with E-state index in [9.17, 15) is 23.1 Å². The molecule has 0 radical (unpaired) electrons. The summed E-state index contributed by atoms with van der Waals surface area (Å²) in [4.78, 5) is 15.7. The zero-order valence-corrected chi connectivity index (χ0v) is 13.2. The third kappa shape index (κ3) is 2.57. The van der Waals surface area contributed by atoms with Crippen molar-refractivity contribution in [2.45, 2.75) is 6.18 Å². The Morgan fingerprint density at radius 3 is 2.38 bits per heavy atom. The van der Waals surface area contributed by atoms with Crippen LogP contribution in [0.2, 0.25) is 0 Å². The second-order valence-corrected chi connectivity index (χ2v) is 5.81. The lowest BCUT2D eigenvalue weighted by molar-refractivity contribution is -0.137. The average molecular weight is 356 g/mol. The highest BCUT2D eigenvalue weighted by molar-refractivity contribution is 5.96. The first-order chi connectivity index (χ1) is 12.3. The second-order valence-electron chi connectivity index (χ2n) is 5.81. The molecule has 4 rings (SSSR count). The molecule has 2 heterocycles. The van der Waals surface area contributed by atoms with Gasteiger partial charge in [-0.25, -0.2) is 9.78 Å². The first-order valence-electron chi connectivity index (χ1n) is 7.66. The molecule has 2 aromatic carbocycles. The van der Waals surface area contributed by atoms with E-state index in [2.05, 4.69) is 4.98 Å². The Hall–Kier alpha value is -3.35. The van der Waals surface area contributed by atoms with E-state index in [4.69, 9.17) is 0 Å². The van der Waals surface area contributed by atoms with Crippen molar-refractivity contribution >= 4 is 22.5 Å². The number of halogens is 3. The van der Waals surface area contributed by atoms with E-state index in [1.54, 1.807) is 22.6 Å². The predicted octanol–water partition coefficient (Wildman–Crippen LogP) is 4.87. The van der Waals surface area contributed by atoms with Crippen molar-refractivity contribution in [1.29, 1.82) is 0 Å². The topological polar surface area (TPSA) is 54.6 Å². The third-order valence-corrected chi connectivity index (χ3v) is 4.18. The number of para-hydroxylation sites is 1. The fraction of sp³-hybridized carbons (Fsp3) is 0.0526. The van der Waals surface area contributed by atoms with E-state index < -0.39 is 17.7 Å². The minimum Gasteiger partial charge on any atom is -0.478 e. The molecule has 0 amide bonds. The van der Waals surface area contributed by atoms with E-state index >= 15 is 0 Å². The molecule has 0 saturated heterocycles. The van der Waals surface area contributed by atoms with Gasteiger partial charge in [0.15, 0.2) is 0 Å². The molecule has 2 aromatic heterocycles. The summed E-state index contributed by atoms with van der Waals surface area (Å²) in [6.45, 7) is 0. The van der Waals surface area contributed by atoms with E-state index in [0.29, 0.717) is 22.3 Å². The zero-order valence-electron chi connectivity index (χ0n) is 13.2. The highest BCUT2D eigenvalue weighted by Gasteiger charge is 2.30. The zero-order chi connectivity index (χ0) is 18.5. The van der Waals surface area contributed by atoms with Crippen molar-refractivity contribution in [3.8, 4) is 11.3 Å². The number of carbonyl (C=O) groups is 1. The minimum absolute atomic E-state index is 0.0900. The highest BCUT2D eigenvalue weighted by atomic mass is 19.4. The average Bonchev–Trinajstić information content (AvgIpc) is 3.05. The molecule has 0 aliphatic heterocycles. The van der Waals surface area contributed by atoms with Crippen LogP contribution in [0.1, 0.15) is 15.9 Å². The van der Waals surface area contributed by atoms with Crippen molar-refractivity contribution in [2.24, 2.45) is 0 Å². The number of alkyl halides is 3. The lowest BCUT2D eigenvalue weighted by Crippen LogP contribution is -2.04. The summed E-state index contributed by atoms with van der Waals surface area (Å²) in [6, 6.07) is 13.4. The normalized spacial score (nSPS) is 12.0. The highest BCUT2D eigenvalue weighted by Crippen LogP contribution is 2.33. The number of benzene rings is 2. The maximum absolute atomic E-state index is 12.8. The van der Waals surface area contributed by atoms with Crippen LogP contribution in [0.15, 0.2) is 60.8 Å². The fourth-order valence-corrected chi connectivity index (χ4v) is 2.94. The van der Waals surface area contributed by atoms with Crippen molar-refractivity contribution in [1.82, 2.24) is 9.38 Å². The number of rotatable bonds is 2. The summed E-state index contributed by atoms with van der Waals surface area (Å²) in [7, 11) is 0. The molecule has 0 aliphatic carbocycles. The molecule has 0 atom stereocenters. The van der Waals surface area contributed by atoms with Gasteiger partial charge in [-0.15, -0.1) is 0 Å². The number of hydrogen-bond donors (Lipinski definition) is 1. The molecule has 130 valence electrons. The third-order valence-electron chi connectivity index (χ3n) is 4.18. The number of nitrogens with zero attached hydrogens (tertiary/aromatic N) is 2. The number of carboxylic acids is 1. The molecule has 0 saturated carbocycles. The van der Waals surface area contributed by atoms with E-state index in [-0.39, 0.29) is 5.56 Å². The molecule has 1 N–H and O–H groups in total. The predicted molar refractivity (Wildman–Crippen MR) is 90.1 cm³/mol. The molecule has 4 aromatic rings. The van der Waals surface area contributed by atoms with Gasteiger partial charge in [0, 0.05) is 17.1 Å². The first-order valence-corrected chi connectivity index (χ1v) is 7.66. The molecular weight excluding hydrogens is 345 g/mol. The molecule has 0 unspecified atom stereocenters. The number of aromatic carboxylic acids is 1. The lowest BCUT2D eigenvalue weighted by Gasteiger charge is -2.11. The smallest absolute Gasteiger partial charge is 0.416 e. The Bertz CT molecular complexity index is 1150. The standard InChI is InChI=1S/C19H11F3N2O2/c20-19(21,22)13-7-5-11(6-8-13)17-14-3-1-2-4-15(14)24-10-12(18(25)26)9-16(24)23-17/h1-10H,(H,25,26). The fourth-order valence-electron chi connectivity index (χ4n) is 2.94. The van der Waals surface area contributed by atoms with Crippen LogP contribution in [-0.4, -0.2) is 20.5 Å². The van der Waals surface area contributed by atoms with Crippen molar-refractivity contribution < 1.29 is 23.1 Å². The molecular formula is C19H11F3N2O2. The Kier molecular flexibility index (Phi) is 3.47. The van der Waals surface area contributed by atoms with Crippen molar-refractivity contribution in [3.63, 3.8) is 0 Å². The maximum Gasteiger partial charge on any atom is 0.416 e. The molecule has 7 heteroatoms. The largest absolute Gasteiger partial charge is 0.478 e. The molecule has 4 nitrogen and oxygen atoms in total. The summed E-state index contributed by atoms with van der Waals surface area (Å²) < 4.78 is 40.0. The Labute approximate surface area is 145 Å². The van der Waals surface area contributed by atoms with Crippen molar-refractivity contribution in [2.75, 3.05) is 0 Å². The number of carboxylic acid groups (broad SMARTS) is 1. The number of fused-ring (bicyclic) bond motifs is 3. The number of aromatic nitrogens is 2. The summed E-state index contributed by atoms with van der Waals surface area (Å²) in [5.41, 5.74) is 1.51. The van der Waals surface area contributed by atoms with Gasteiger partial charge in [0.1, 0.15) is 5.65 Å². The van der Waals surface area contributed by atoms with Crippen LogP contribution in [0, 0.1) is 0 Å². The molecule has 0 bridgehead atoms. The maximum atomic E-state index is 12.8. The molecule has 0 spiro atoms. The van der Waals surface area contributed by atoms with Crippen LogP contribution in [0.25, 0.3) is 27.8 Å². The van der Waals surface area contributed by atoms with Crippen LogP contribution >= 0.6 is 0 Å². The molecule has 0 aliphatic rings. The van der Waals surface area contributed by atoms with Gasteiger partial charge >= 0.3 is 12.1 Å². The van der Waals surface area contributed by atoms with Crippen LogP contribution in [-0.2, 0) is 6.18 Å². The van der Waals surface area contributed by atoms with E-state index in [1.807, 2.05) is 6.07 Å². The van der Waals surface area contributed by atoms with Crippen molar-refractivity contribution in [3.05, 3.63) is 71.9 Å². The van der Waals surface area contributed by atoms with Gasteiger partial charge in [-0.1, -0.05) is 30.3 Å². The van der Waals surface area contributed by atoms with Crippen LogP contribution in [0.4, 0.5) is 13.2 Å².